The highest BCUT2D eigenvalue weighted by atomic mass is 16.3. The first-order chi connectivity index (χ1) is 10.0. The molecule has 0 atom stereocenters. The molecule has 0 radical (unpaired) electrons. The molecule has 0 saturated carbocycles. The lowest BCUT2D eigenvalue weighted by Crippen LogP contribution is -2.50. The first-order valence-corrected chi connectivity index (χ1v) is 7.10. The van der Waals surface area contributed by atoms with Crippen molar-refractivity contribution in [3.05, 3.63) is 46.4 Å². The van der Waals surface area contributed by atoms with Gasteiger partial charge in [0.25, 0.3) is 11.5 Å². The number of nitrogens with one attached hydrogen (secondary N) is 2. The average molecular weight is 288 g/mol. The Morgan fingerprint density at radius 3 is 2.57 bits per heavy atom. The Bertz CT molecular complexity index is 694. The van der Waals surface area contributed by atoms with Crippen molar-refractivity contribution in [3.63, 3.8) is 0 Å². The van der Waals surface area contributed by atoms with Gasteiger partial charge >= 0.3 is 0 Å². The zero-order valence-electron chi connectivity index (χ0n) is 12.3. The van der Waals surface area contributed by atoms with E-state index in [0.717, 1.165) is 0 Å². The zero-order valence-corrected chi connectivity index (χ0v) is 12.3. The molecule has 1 aromatic heterocycles. The lowest BCUT2D eigenvalue weighted by molar-refractivity contribution is 0.0813. The van der Waals surface area contributed by atoms with Gasteiger partial charge in [0, 0.05) is 5.39 Å². The Morgan fingerprint density at radius 2 is 1.95 bits per heavy atom. The number of carbonyl (C=O) groups excluding carboxylic acids is 1. The van der Waals surface area contributed by atoms with E-state index in [1.54, 1.807) is 24.3 Å². The van der Waals surface area contributed by atoms with Crippen molar-refractivity contribution >= 4 is 16.7 Å². The fourth-order valence-electron chi connectivity index (χ4n) is 2.33. The number of aromatic amines is 1. The molecule has 0 unspecified atom stereocenters. The van der Waals surface area contributed by atoms with Crippen LogP contribution in [0.4, 0.5) is 0 Å². The van der Waals surface area contributed by atoms with E-state index >= 15 is 0 Å². The second kappa shape index (κ2) is 6.10. The van der Waals surface area contributed by atoms with E-state index < -0.39 is 5.54 Å². The van der Waals surface area contributed by atoms with Crippen molar-refractivity contribution < 1.29 is 9.90 Å². The predicted molar refractivity (Wildman–Crippen MR) is 82.4 cm³/mol. The van der Waals surface area contributed by atoms with Gasteiger partial charge in [0.1, 0.15) is 5.69 Å². The van der Waals surface area contributed by atoms with E-state index in [-0.39, 0.29) is 23.8 Å². The summed E-state index contributed by atoms with van der Waals surface area (Å²) in [4.78, 5) is 26.9. The maximum Gasteiger partial charge on any atom is 0.268 e. The monoisotopic (exact) mass is 288 g/mol. The number of hydrogen-bond acceptors (Lipinski definition) is 3. The lowest BCUT2D eigenvalue weighted by Gasteiger charge is -2.30. The largest absolute Gasteiger partial charge is 0.394 e. The summed E-state index contributed by atoms with van der Waals surface area (Å²) in [6.07, 6.45) is 1.23. The van der Waals surface area contributed by atoms with Gasteiger partial charge in [-0.3, -0.25) is 9.59 Å². The Balaban J connectivity index is 2.38. The van der Waals surface area contributed by atoms with Crippen LogP contribution >= 0.6 is 0 Å². The van der Waals surface area contributed by atoms with Crippen molar-refractivity contribution in [1.29, 1.82) is 0 Å². The number of rotatable bonds is 5. The number of aromatic nitrogens is 1. The van der Waals surface area contributed by atoms with Gasteiger partial charge in [0.15, 0.2) is 0 Å². The summed E-state index contributed by atoms with van der Waals surface area (Å²) >= 11 is 0. The van der Waals surface area contributed by atoms with Crippen molar-refractivity contribution in [2.75, 3.05) is 6.61 Å². The Kier molecular flexibility index (Phi) is 4.43. The Labute approximate surface area is 123 Å². The average Bonchev–Trinajstić information content (AvgIpc) is 2.52. The molecular weight excluding hydrogens is 268 g/mol. The molecule has 0 aliphatic carbocycles. The number of H-pyrrole nitrogens is 1. The van der Waals surface area contributed by atoms with E-state index in [2.05, 4.69) is 10.3 Å². The lowest BCUT2D eigenvalue weighted by atomic mass is 9.93. The van der Waals surface area contributed by atoms with E-state index in [9.17, 15) is 14.7 Å². The number of carbonyl (C=O) groups is 1. The van der Waals surface area contributed by atoms with E-state index in [4.69, 9.17) is 0 Å². The zero-order chi connectivity index (χ0) is 15.5. The van der Waals surface area contributed by atoms with Crippen molar-refractivity contribution in [2.45, 2.75) is 32.2 Å². The summed E-state index contributed by atoms with van der Waals surface area (Å²) in [5.41, 5.74) is -0.737. The highest BCUT2D eigenvalue weighted by Gasteiger charge is 2.28. The number of fused-ring (bicyclic) bond motifs is 1. The molecule has 1 heterocycles. The number of hydrogen-bond donors (Lipinski definition) is 3. The number of aliphatic hydroxyl groups is 1. The number of aliphatic hydroxyl groups excluding tert-OH is 1. The highest BCUT2D eigenvalue weighted by Crippen LogP contribution is 2.16. The van der Waals surface area contributed by atoms with E-state index in [1.165, 1.54) is 0 Å². The quantitative estimate of drug-likeness (QED) is 0.784. The van der Waals surface area contributed by atoms with Gasteiger partial charge < -0.3 is 15.4 Å². The molecule has 0 aliphatic rings. The van der Waals surface area contributed by atoms with E-state index in [0.29, 0.717) is 23.6 Å². The minimum Gasteiger partial charge on any atom is -0.394 e. The molecule has 112 valence electrons. The van der Waals surface area contributed by atoms with Crippen molar-refractivity contribution in [1.82, 2.24) is 10.3 Å². The van der Waals surface area contributed by atoms with Crippen LogP contribution in [0.2, 0.25) is 0 Å². The third kappa shape index (κ3) is 2.97. The van der Waals surface area contributed by atoms with Gasteiger partial charge in [0.2, 0.25) is 0 Å². The van der Waals surface area contributed by atoms with Gasteiger partial charge in [-0.25, -0.2) is 0 Å². The SMILES string of the molecule is CCC(CC)(CO)NC(=O)c1cc2ccccc2c(=O)[nH]1. The van der Waals surface area contributed by atoms with Crippen LogP contribution in [-0.2, 0) is 0 Å². The molecule has 2 aromatic rings. The Morgan fingerprint density at radius 1 is 1.29 bits per heavy atom. The number of amides is 1. The maximum absolute atomic E-state index is 12.3. The predicted octanol–water partition coefficient (Wildman–Crippen LogP) is 1.81. The second-order valence-corrected chi connectivity index (χ2v) is 5.20. The van der Waals surface area contributed by atoms with Gasteiger partial charge in [-0.1, -0.05) is 32.0 Å². The smallest absolute Gasteiger partial charge is 0.268 e. The molecule has 2 rings (SSSR count). The second-order valence-electron chi connectivity index (χ2n) is 5.20. The van der Waals surface area contributed by atoms with Gasteiger partial charge in [0.05, 0.1) is 12.1 Å². The van der Waals surface area contributed by atoms with Crippen LogP contribution < -0.4 is 10.9 Å². The Hall–Kier alpha value is -2.14. The molecule has 1 amide bonds. The third-order valence-corrected chi connectivity index (χ3v) is 4.03. The molecule has 0 bridgehead atoms. The number of benzene rings is 1. The first-order valence-electron chi connectivity index (χ1n) is 7.10. The molecule has 0 fully saturated rings. The van der Waals surface area contributed by atoms with Gasteiger partial charge in [-0.05, 0) is 30.4 Å². The summed E-state index contributed by atoms with van der Waals surface area (Å²) in [5.74, 6) is -0.379. The summed E-state index contributed by atoms with van der Waals surface area (Å²) in [6.45, 7) is 3.68. The van der Waals surface area contributed by atoms with Crippen LogP contribution in [0.1, 0.15) is 37.2 Å². The van der Waals surface area contributed by atoms with Gasteiger partial charge in [-0.2, -0.15) is 0 Å². The summed E-state index contributed by atoms with van der Waals surface area (Å²) < 4.78 is 0. The molecule has 3 N–H and O–H groups in total. The molecular formula is C16H20N2O3. The minimum absolute atomic E-state index is 0.135. The van der Waals surface area contributed by atoms with Crippen LogP contribution in [0.5, 0.6) is 0 Å². The normalized spacial score (nSPS) is 11.6. The van der Waals surface area contributed by atoms with Crippen LogP contribution in [0.15, 0.2) is 35.1 Å². The molecule has 21 heavy (non-hydrogen) atoms. The van der Waals surface area contributed by atoms with Crippen molar-refractivity contribution in [3.8, 4) is 0 Å². The molecule has 1 aromatic carbocycles. The van der Waals surface area contributed by atoms with E-state index in [1.807, 2.05) is 19.9 Å². The fourth-order valence-corrected chi connectivity index (χ4v) is 2.33. The minimum atomic E-state index is -0.653. The van der Waals surface area contributed by atoms with Gasteiger partial charge in [-0.15, -0.1) is 0 Å². The maximum atomic E-state index is 12.3. The summed E-state index contributed by atoms with van der Waals surface area (Å²) in [7, 11) is 0. The van der Waals surface area contributed by atoms with Crippen LogP contribution in [0.3, 0.4) is 0 Å². The molecule has 0 aliphatic heterocycles. The van der Waals surface area contributed by atoms with Crippen LogP contribution in [0, 0.1) is 0 Å². The molecule has 0 spiro atoms. The van der Waals surface area contributed by atoms with Crippen LogP contribution in [0.25, 0.3) is 10.8 Å². The van der Waals surface area contributed by atoms with Crippen molar-refractivity contribution in [2.24, 2.45) is 0 Å². The molecule has 0 saturated heterocycles. The third-order valence-electron chi connectivity index (χ3n) is 4.03. The highest BCUT2D eigenvalue weighted by molar-refractivity contribution is 5.96. The molecule has 5 heteroatoms. The summed E-state index contributed by atoms with van der Waals surface area (Å²) in [6, 6.07) is 8.76. The fraction of sp³-hybridized carbons (Fsp3) is 0.375. The first kappa shape index (κ1) is 15.3. The topological polar surface area (TPSA) is 82.2 Å². The van der Waals surface area contributed by atoms with Crippen LogP contribution in [-0.4, -0.2) is 28.1 Å². The standard InChI is InChI=1S/C16H20N2O3/c1-3-16(4-2,10-19)18-15(21)13-9-11-7-5-6-8-12(11)14(20)17-13/h5-9,19H,3-4,10H2,1-2H3,(H,17,20)(H,18,21). The summed E-state index contributed by atoms with van der Waals surface area (Å²) in [5, 5.41) is 13.6. The number of pyridine rings is 1. The molecule has 5 nitrogen and oxygen atoms in total.